The van der Waals surface area contributed by atoms with Gasteiger partial charge in [-0.3, -0.25) is 0 Å². The van der Waals surface area contributed by atoms with E-state index < -0.39 is 5.66 Å². The monoisotopic (exact) mass is 212 g/mol. The van der Waals surface area contributed by atoms with Gasteiger partial charge in [0.05, 0.1) is 0 Å². The molecule has 4 N–H and O–H groups in total. The standard InChI is InChI=1S/C14H16N2/c1-11-7-5-6-10-13(11)14(15,16)12-8-3-2-4-9-12/h2-10H,15-16H2,1H3. The number of benzene rings is 2. The molecule has 2 nitrogen and oxygen atoms in total. The lowest BCUT2D eigenvalue weighted by atomic mass is 9.90. The van der Waals surface area contributed by atoms with Crippen LogP contribution in [0.4, 0.5) is 0 Å². The Bertz CT molecular complexity index is 475. The molecule has 2 aromatic carbocycles. The second-order valence-corrected chi connectivity index (χ2v) is 4.05. The van der Waals surface area contributed by atoms with E-state index in [2.05, 4.69) is 0 Å². The molecule has 2 heteroatoms. The molecule has 0 heterocycles. The Hall–Kier alpha value is -1.64. The van der Waals surface area contributed by atoms with Crippen LogP contribution in [0.15, 0.2) is 54.6 Å². The van der Waals surface area contributed by atoms with Gasteiger partial charge >= 0.3 is 0 Å². The fourth-order valence-corrected chi connectivity index (χ4v) is 1.91. The Morgan fingerprint density at radius 2 is 1.38 bits per heavy atom. The molecule has 0 radical (unpaired) electrons. The number of hydrogen-bond acceptors (Lipinski definition) is 2. The highest BCUT2D eigenvalue weighted by molar-refractivity contribution is 5.40. The summed E-state index contributed by atoms with van der Waals surface area (Å²) in [5.41, 5.74) is 14.5. The van der Waals surface area contributed by atoms with Gasteiger partial charge in [-0.1, -0.05) is 54.6 Å². The minimum atomic E-state index is -0.924. The average molecular weight is 212 g/mol. The fraction of sp³-hybridized carbons (Fsp3) is 0.143. The first kappa shape index (κ1) is 10.9. The summed E-state index contributed by atoms with van der Waals surface area (Å²) in [5.74, 6) is 0. The molecule has 0 bridgehead atoms. The van der Waals surface area contributed by atoms with Gasteiger partial charge < -0.3 is 11.5 Å². The molecule has 0 unspecified atom stereocenters. The van der Waals surface area contributed by atoms with Crippen LogP contribution >= 0.6 is 0 Å². The molecule has 0 spiro atoms. The Balaban J connectivity index is 2.51. The molecule has 16 heavy (non-hydrogen) atoms. The van der Waals surface area contributed by atoms with E-state index in [1.807, 2.05) is 61.5 Å². The van der Waals surface area contributed by atoms with Gasteiger partial charge in [0.25, 0.3) is 0 Å². The summed E-state index contributed by atoms with van der Waals surface area (Å²) in [4.78, 5) is 0. The molecule has 0 aliphatic heterocycles. The molecule has 0 saturated carbocycles. The first-order chi connectivity index (χ1) is 7.62. The van der Waals surface area contributed by atoms with Gasteiger partial charge in [-0.15, -0.1) is 0 Å². The van der Waals surface area contributed by atoms with Crippen molar-refractivity contribution in [2.24, 2.45) is 11.5 Å². The van der Waals surface area contributed by atoms with E-state index >= 15 is 0 Å². The van der Waals surface area contributed by atoms with Crippen LogP contribution in [0.3, 0.4) is 0 Å². The van der Waals surface area contributed by atoms with Crippen molar-refractivity contribution in [1.29, 1.82) is 0 Å². The highest BCUT2D eigenvalue weighted by Crippen LogP contribution is 2.23. The van der Waals surface area contributed by atoms with Crippen LogP contribution in [0.5, 0.6) is 0 Å². The Morgan fingerprint density at radius 3 is 2.00 bits per heavy atom. The summed E-state index contributed by atoms with van der Waals surface area (Å²) in [6.07, 6.45) is 0. The van der Waals surface area contributed by atoms with Gasteiger partial charge in [-0.2, -0.15) is 0 Å². The largest absolute Gasteiger partial charge is 0.306 e. The maximum Gasteiger partial charge on any atom is 0.117 e. The highest BCUT2D eigenvalue weighted by atomic mass is 15.0. The Labute approximate surface area is 95.9 Å². The molecule has 0 atom stereocenters. The van der Waals surface area contributed by atoms with Gasteiger partial charge in [-0.25, -0.2) is 0 Å². The molecular formula is C14H16N2. The van der Waals surface area contributed by atoms with Crippen LogP contribution in [-0.2, 0) is 5.66 Å². The molecule has 82 valence electrons. The first-order valence-corrected chi connectivity index (χ1v) is 5.32. The second-order valence-electron chi connectivity index (χ2n) is 4.05. The third kappa shape index (κ3) is 1.85. The third-order valence-corrected chi connectivity index (χ3v) is 2.84. The van der Waals surface area contributed by atoms with E-state index in [-0.39, 0.29) is 0 Å². The Kier molecular flexibility index (Phi) is 2.77. The van der Waals surface area contributed by atoms with Crippen LogP contribution in [-0.4, -0.2) is 0 Å². The first-order valence-electron chi connectivity index (χ1n) is 5.32. The van der Waals surface area contributed by atoms with Crippen LogP contribution in [0.25, 0.3) is 0 Å². The summed E-state index contributed by atoms with van der Waals surface area (Å²) in [6.45, 7) is 2.02. The molecule has 2 aromatic rings. The lowest BCUT2D eigenvalue weighted by Gasteiger charge is -2.27. The summed E-state index contributed by atoms with van der Waals surface area (Å²) in [7, 11) is 0. The lowest BCUT2D eigenvalue weighted by molar-refractivity contribution is 0.564. The maximum atomic E-state index is 6.24. The van der Waals surface area contributed by atoms with Crippen molar-refractivity contribution in [3.63, 3.8) is 0 Å². The van der Waals surface area contributed by atoms with Crippen molar-refractivity contribution in [2.75, 3.05) is 0 Å². The fourth-order valence-electron chi connectivity index (χ4n) is 1.91. The van der Waals surface area contributed by atoms with Crippen LogP contribution < -0.4 is 11.5 Å². The van der Waals surface area contributed by atoms with E-state index in [0.717, 1.165) is 16.7 Å². The maximum absolute atomic E-state index is 6.24. The molecule has 0 saturated heterocycles. The van der Waals surface area contributed by atoms with Crippen molar-refractivity contribution >= 4 is 0 Å². The summed E-state index contributed by atoms with van der Waals surface area (Å²) >= 11 is 0. The predicted molar refractivity (Wildman–Crippen MR) is 66.8 cm³/mol. The number of nitrogens with two attached hydrogens (primary N) is 2. The van der Waals surface area contributed by atoms with E-state index in [4.69, 9.17) is 11.5 Å². The second kappa shape index (κ2) is 4.08. The summed E-state index contributed by atoms with van der Waals surface area (Å²) in [5, 5.41) is 0. The van der Waals surface area contributed by atoms with Gasteiger partial charge in [0.15, 0.2) is 0 Å². The van der Waals surface area contributed by atoms with Crippen LogP contribution in [0, 0.1) is 6.92 Å². The van der Waals surface area contributed by atoms with Gasteiger partial charge in [-0.05, 0) is 23.6 Å². The van der Waals surface area contributed by atoms with Crippen molar-refractivity contribution in [2.45, 2.75) is 12.6 Å². The smallest absolute Gasteiger partial charge is 0.117 e. The van der Waals surface area contributed by atoms with Gasteiger partial charge in [0.1, 0.15) is 5.66 Å². The predicted octanol–water partition coefficient (Wildman–Crippen LogP) is 2.11. The zero-order valence-corrected chi connectivity index (χ0v) is 9.35. The molecule has 0 fully saturated rings. The summed E-state index contributed by atoms with van der Waals surface area (Å²) < 4.78 is 0. The normalized spacial score (nSPS) is 11.4. The van der Waals surface area contributed by atoms with Crippen molar-refractivity contribution in [3.8, 4) is 0 Å². The van der Waals surface area contributed by atoms with E-state index in [9.17, 15) is 0 Å². The Morgan fingerprint density at radius 1 is 0.812 bits per heavy atom. The topological polar surface area (TPSA) is 52.0 Å². The molecule has 0 aliphatic rings. The SMILES string of the molecule is Cc1ccccc1C(N)(N)c1ccccc1. The lowest BCUT2D eigenvalue weighted by Crippen LogP contribution is -2.47. The molecule has 2 rings (SSSR count). The average Bonchev–Trinajstić information content (AvgIpc) is 2.30. The van der Waals surface area contributed by atoms with Crippen molar-refractivity contribution in [1.82, 2.24) is 0 Å². The number of rotatable bonds is 2. The zero-order valence-electron chi connectivity index (χ0n) is 9.35. The van der Waals surface area contributed by atoms with E-state index in [0.29, 0.717) is 0 Å². The van der Waals surface area contributed by atoms with Gasteiger partial charge in [0, 0.05) is 0 Å². The third-order valence-electron chi connectivity index (χ3n) is 2.84. The molecule has 0 amide bonds. The zero-order chi connectivity index (χ0) is 11.6. The van der Waals surface area contributed by atoms with Crippen molar-refractivity contribution in [3.05, 3.63) is 71.3 Å². The van der Waals surface area contributed by atoms with E-state index in [1.165, 1.54) is 0 Å². The van der Waals surface area contributed by atoms with Gasteiger partial charge in [0.2, 0.25) is 0 Å². The van der Waals surface area contributed by atoms with Crippen LogP contribution in [0.1, 0.15) is 16.7 Å². The molecular weight excluding hydrogens is 196 g/mol. The summed E-state index contributed by atoms with van der Waals surface area (Å²) in [6, 6.07) is 17.7. The molecule has 0 aromatic heterocycles. The number of hydrogen-bond donors (Lipinski definition) is 2. The van der Waals surface area contributed by atoms with Crippen LogP contribution in [0.2, 0.25) is 0 Å². The quantitative estimate of drug-likeness (QED) is 0.749. The van der Waals surface area contributed by atoms with E-state index in [1.54, 1.807) is 0 Å². The number of aryl methyl sites for hydroxylation is 1. The minimum Gasteiger partial charge on any atom is -0.306 e. The van der Waals surface area contributed by atoms with Crippen molar-refractivity contribution < 1.29 is 0 Å². The minimum absolute atomic E-state index is 0.921. The molecule has 0 aliphatic carbocycles. The highest BCUT2D eigenvalue weighted by Gasteiger charge is 2.25.